The highest BCUT2D eigenvalue weighted by Crippen LogP contribution is 2.26. The van der Waals surface area contributed by atoms with Gasteiger partial charge in [0.15, 0.2) is 10.6 Å². The van der Waals surface area contributed by atoms with Crippen LogP contribution in [0.2, 0.25) is 0 Å². The summed E-state index contributed by atoms with van der Waals surface area (Å²) in [6.45, 7) is 11.1. The zero-order valence-electron chi connectivity index (χ0n) is 18.1. The standard InChI is InChI=1S/C22H32N4O2S/c1-6-28-20(27)17-8-7-13-25(14-17)15-26-21(29)24(5)19(23-26)16-9-11-18(12-10-16)22(2,3)4/h9-12,17H,6-8,13-15H2,1-5H3. The third-order valence-electron chi connectivity index (χ3n) is 5.51. The van der Waals surface area contributed by atoms with Crippen molar-refractivity contribution in [2.75, 3.05) is 19.7 Å². The molecule has 0 saturated carbocycles. The molecule has 29 heavy (non-hydrogen) atoms. The summed E-state index contributed by atoms with van der Waals surface area (Å²) in [4.78, 5) is 14.3. The molecule has 6 nitrogen and oxygen atoms in total. The fourth-order valence-electron chi connectivity index (χ4n) is 3.78. The van der Waals surface area contributed by atoms with E-state index in [-0.39, 0.29) is 17.3 Å². The zero-order valence-corrected chi connectivity index (χ0v) is 19.0. The minimum absolute atomic E-state index is 0.0639. The maximum atomic E-state index is 12.1. The molecular formula is C22H32N4O2S. The Balaban J connectivity index is 1.77. The van der Waals surface area contributed by atoms with Gasteiger partial charge in [-0.05, 0) is 49.5 Å². The van der Waals surface area contributed by atoms with Crippen molar-refractivity contribution < 1.29 is 9.53 Å². The first-order valence-corrected chi connectivity index (χ1v) is 10.7. The van der Waals surface area contributed by atoms with E-state index in [1.54, 1.807) is 0 Å². The summed E-state index contributed by atoms with van der Waals surface area (Å²) in [5, 5.41) is 4.79. The van der Waals surface area contributed by atoms with Crippen LogP contribution < -0.4 is 0 Å². The van der Waals surface area contributed by atoms with Crippen LogP contribution in [0.5, 0.6) is 0 Å². The molecule has 0 N–H and O–H groups in total. The van der Waals surface area contributed by atoms with E-state index >= 15 is 0 Å². The third-order valence-corrected chi connectivity index (χ3v) is 5.99. The largest absolute Gasteiger partial charge is 0.466 e. The van der Waals surface area contributed by atoms with Crippen molar-refractivity contribution in [3.05, 3.63) is 34.6 Å². The third kappa shape index (κ3) is 4.95. The second kappa shape index (κ2) is 8.79. The number of benzene rings is 1. The van der Waals surface area contributed by atoms with Crippen LogP contribution in [0.4, 0.5) is 0 Å². The maximum absolute atomic E-state index is 12.1. The molecule has 0 radical (unpaired) electrons. The van der Waals surface area contributed by atoms with Crippen molar-refractivity contribution in [2.45, 2.75) is 52.6 Å². The first kappa shape index (κ1) is 21.7. The Labute approximate surface area is 178 Å². The van der Waals surface area contributed by atoms with E-state index in [0.717, 1.165) is 30.8 Å². The first-order valence-electron chi connectivity index (χ1n) is 10.3. The van der Waals surface area contributed by atoms with Gasteiger partial charge in [0.05, 0.1) is 19.2 Å². The Hall–Kier alpha value is -1.99. The Morgan fingerprint density at radius 2 is 1.97 bits per heavy atom. The number of likely N-dealkylation sites (tertiary alicyclic amines) is 1. The Kier molecular flexibility index (Phi) is 6.58. The van der Waals surface area contributed by atoms with E-state index in [1.807, 2.05) is 23.2 Å². The van der Waals surface area contributed by atoms with Crippen LogP contribution in [0.15, 0.2) is 24.3 Å². The molecule has 1 aliphatic rings. The summed E-state index contributed by atoms with van der Waals surface area (Å²) in [5.74, 6) is 0.696. The molecular weight excluding hydrogens is 384 g/mol. The van der Waals surface area contributed by atoms with Crippen molar-refractivity contribution in [3.8, 4) is 11.4 Å². The van der Waals surface area contributed by atoms with E-state index < -0.39 is 0 Å². The first-order chi connectivity index (χ1) is 13.7. The number of hydrogen-bond acceptors (Lipinski definition) is 5. The van der Waals surface area contributed by atoms with E-state index in [0.29, 0.717) is 24.6 Å². The highest BCUT2D eigenvalue weighted by molar-refractivity contribution is 7.71. The second-order valence-electron chi connectivity index (χ2n) is 8.80. The Morgan fingerprint density at radius 1 is 1.28 bits per heavy atom. The summed E-state index contributed by atoms with van der Waals surface area (Å²) >= 11 is 5.64. The highest BCUT2D eigenvalue weighted by atomic mass is 32.1. The lowest BCUT2D eigenvalue weighted by atomic mass is 9.87. The number of carbonyl (C=O) groups excluding carboxylic acids is 1. The molecule has 1 fully saturated rings. The van der Waals surface area contributed by atoms with Gasteiger partial charge in [0, 0.05) is 19.2 Å². The molecule has 2 heterocycles. The van der Waals surface area contributed by atoms with Gasteiger partial charge in [-0.2, -0.15) is 5.10 Å². The fourth-order valence-corrected chi connectivity index (χ4v) is 3.96. The van der Waals surface area contributed by atoms with E-state index in [4.69, 9.17) is 22.1 Å². The molecule has 0 aliphatic carbocycles. The molecule has 2 aromatic rings. The van der Waals surface area contributed by atoms with Gasteiger partial charge < -0.3 is 9.30 Å². The SMILES string of the molecule is CCOC(=O)C1CCCN(Cn2nc(-c3ccc(C(C)(C)C)cc3)n(C)c2=S)C1. The second-order valence-corrected chi connectivity index (χ2v) is 9.17. The maximum Gasteiger partial charge on any atom is 0.310 e. The molecule has 1 unspecified atom stereocenters. The van der Waals surface area contributed by atoms with Gasteiger partial charge in [-0.15, -0.1) is 0 Å². The summed E-state index contributed by atoms with van der Waals surface area (Å²) in [6, 6.07) is 8.54. The molecule has 0 bridgehead atoms. The number of hydrogen-bond donors (Lipinski definition) is 0. The average Bonchev–Trinajstić information content (AvgIpc) is 2.96. The average molecular weight is 417 g/mol. The zero-order chi connectivity index (χ0) is 21.2. The molecule has 1 atom stereocenters. The minimum Gasteiger partial charge on any atom is -0.466 e. The van der Waals surface area contributed by atoms with Crippen LogP contribution in [0.25, 0.3) is 11.4 Å². The van der Waals surface area contributed by atoms with Gasteiger partial charge in [-0.1, -0.05) is 45.0 Å². The summed E-state index contributed by atoms with van der Waals surface area (Å²) in [5.41, 5.74) is 2.46. The van der Waals surface area contributed by atoms with Gasteiger partial charge in [0.1, 0.15) is 0 Å². The molecule has 0 amide bonds. The number of piperidine rings is 1. The van der Waals surface area contributed by atoms with Crippen molar-refractivity contribution in [1.29, 1.82) is 0 Å². The summed E-state index contributed by atoms with van der Waals surface area (Å²) in [7, 11) is 1.95. The molecule has 1 aliphatic heterocycles. The number of esters is 1. The fraction of sp³-hybridized carbons (Fsp3) is 0.591. The lowest BCUT2D eigenvalue weighted by Crippen LogP contribution is -2.40. The van der Waals surface area contributed by atoms with Crippen LogP contribution in [-0.2, 0) is 28.7 Å². The van der Waals surface area contributed by atoms with Crippen LogP contribution in [0, 0.1) is 10.7 Å². The quantitative estimate of drug-likeness (QED) is 0.541. The molecule has 1 saturated heterocycles. The van der Waals surface area contributed by atoms with Crippen LogP contribution in [0.3, 0.4) is 0 Å². The Bertz CT molecular complexity index is 908. The highest BCUT2D eigenvalue weighted by Gasteiger charge is 2.27. The monoisotopic (exact) mass is 416 g/mol. The van der Waals surface area contributed by atoms with Crippen LogP contribution in [0.1, 0.15) is 46.1 Å². The smallest absolute Gasteiger partial charge is 0.310 e. The van der Waals surface area contributed by atoms with Crippen molar-refractivity contribution in [2.24, 2.45) is 13.0 Å². The number of rotatable bonds is 5. The van der Waals surface area contributed by atoms with Gasteiger partial charge in [0.25, 0.3) is 0 Å². The molecule has 3 rings (SSSR count). The number of carbonyl (C=O) groups is 1. The van der Waals surface area contributed by atoms with Crippen molar-refractivity contribution in [1.82, 2.24) is 19.2 Å². The van der Waals surface area contributed by atoms with Gasteiger partial charge in [0.2, 0.25) is 0 Å². The topological polar surface area (TPSA) is 52.3 Å². The van der Waals surface area contributed by atoms with Crippen molar-refractivity contribution in [3.63, 3.8) is 0 Å². The molecule has 0 spiro atoms. The minimum atomic E-state index is -0.0959. The Morgan fingerprint density at radius 3 is 2.59 bits per heavy atom. The molecule has 7 heteroatoms. The van der Waals surface area contributed by atoms with E-state index in [2.05, 4.69) is 49.9 Å². The van der Waals surface area contributed by atoms with Gasteiger partial charge >= 0.3 is 5.97 Å². The summed E-state index contributed by atoms with van der Waals surface area (Å²) < 4.78 is 9.69. The van der Waals surface area contributed by atoms with Gasteiger partial charge in [-0.25, -0.2) is 4.68 Å². The van der Waals surface area contributed by atoms with Crippen LogP contribution in [-0.4, -0.2) is 44.9 Å². The number of aromatic nitrogens is 3. The lowest BCUT2D eigenvalue weighted by molar-refractivity contribution is -0.150. The predicted octanol–water partition coefficient (Wildman–Crippen LogP) is 4.15. The lowest BCUT2D eigenvalue weighted by Gasteiger charge is -2.31. The molecule has 1 aromatic heterocycles. The predicted molar refractivity (Wildman–Crippen MR) is 117 cm³/mol. The van der Waals surface area contributed by atoms with Gasteiger partial charge in [-0.3, -0.25) is 9.69 Å². The van der Waals surface area contributed by atoms with E-state index in [1.165, 1.54) is 5.56 Å². The normalized spacial score (nSPS) is 18.0. The summed E-state index contributed by atoms with van der Waals surface area (Å²) in [6.07, 6.45) is 1.86. The molecule has 158 valence electrons. The number of nitrogens with zero attached hydrogens (tertiary/aromatic N) is 4. The van der Waals surface area contributed by atoms with E-state index in [9.17, 15) is 4.79 Å². The number of ether oxygens (including phenoxy) is 1. The van der Waals surface area contributed by atoms with Crippen LogP contribution >= 0.6 is 12.2 Å². The molecule has 1 aromatic carbocycles. The van der Waals surface area contributed by atoms with Crippen molar-refractivity contribution >= 4 is 18.2 Å².